The van der Waals surface area contributed by atoms with E-state index in [1.165, 1.54) is 4.90 Å². The molecule has 1 aliphatic rings. The second kappa shape index (κ2) is 6.39. The summed E-state index contributed by atoms with van der Waals surface area (Å²) < 4.78 is 0. The number of amides is 3. The number of hydrogen-bond acceptors (Lipinski definition) is 3. The first-order chi connectivity index (χ1) is 10.0. The van der Waals surface area contributed by atoms with Gasteiger partial charge in [-0.15, -0.1) is 0 Å². The van der Waals surface area contributed by atoms with E-state index in [0.29, 0.717) is 31.9 Å². The first kappa shape index (κ1) is 15.0. The second-order valence-electron chi connectivity index (χ2n) is 5.21. The van der Waals surface area contributed by atoms with Crippen molar-refractivity contribution < 1.29 is 14.4 Å². The lowest BCUT2D eigenvalue weighted by Gasteiger charge is -2.32. The first-order valence-corrected chi connectivity index (χ1v) is 6.88. The van der Waals surface area contributed by atoms with Gasteiger partial charge in [0.2, 0.25) is 6.41 Å². The van der Waals surface area contributed by atoms with Crippen molar-refractivity contribution in [2.75, 3.05) is 31.5 Å². The fourth-order valence-electron chi connectivity index (χ4n) is 2.22. The van der Waals surface area contributed by atoms with Crippen molar-refractivity contribution in [1.29, 1.82) is 0 Å². The Bertz CT molecular complexity index is 563. The molecule has 1 N–H and O–H groups in total. The Morgan fingerprint density at radius 2 is 1.81 bits per heavy atom. The molecule has 0 aliphatic carbocycles. The number of piperazine rings is 1. The van der Waals surface area contributed by atoms with Gasteiger partial charge in [-0.05, 0) is 31.0 Å². The van der Waals surface area contributed by atoms with Gasteiger partial charge in [0.1, 0.15) is 0 Å². The van der Waals surface area contributed by atoms with Crippen LogP contribution >= 0.6 is 0 Å². The molecule has 0 radical (unpaired) electrons. The Hall–Kier alpha value is -2.37. The fraction of sp³-hybridized carbons (Fsp3) is 0.400. The predicted octanol–water partition coefficient (Wildman–Crippen LogP) is 0.543. The normalized spacial score (nSPS) is 14.8. The van der Waals surface area contributed by atoms with Gasteiger partial charge in [-0.25, -0.2) is 0 Å². The van der Waals surface area contributed by atoms with Gasteiger partial charge < -0.3 is 15.1 Å². The van der Waals surface area contributed by atoms with Gasteiger partial charge in [-0.2, -0.15) is 0 Å². The van der Waals surface area contributed by atoms with Crippen LogP contribution in [0.25, 0.3) is 0 Å². The average Bonchev–Trinajstić information content (AvgIpc) is 2.50. The summed E-state index contributed by atoms with van der Waals surface area (Å²) in [6.45, 7) is 5.51. The summed E-state index contributed by atoms with van der Waals surface area (Å²) in [5.74, 6) is -1.19. The number of benzene rings is 1. The molecular formula is C15H19N3O3. The van der Waals surface area contributed by atoms with Gasteiger partial charge in [-0.1, -0.05) is 12.1 Å². The molecular weight excluding hydrogens is 270 g/mol. The average molecular weight is 289 g/mol. The highest BCUT2D eigenvalue weighted by atomic mass is 16.2. The lowest BCUT2D eigenvalue weighted by atomic mass is 10.1. The molecule has 0 aromatic heterocycles. The lowest BCUT2D eigenvalue weighted by Crippen LogP contribution is -2.51. The highest BCUT2D eigenvalue weighted by molar-refractivity contribution is 6.39. The molecule has 21 heavy (non-hydrogen) atoms. The largest absolute Gasteiger partial charge is 0.342 e. The maximum absolute atomic E-state index is 12.1. The number of nitrogens with one attached hydrogen (secondary N) is 1. The van der Waals surface area contributed by atoms with E-state index in [9.17, 15) is 14.4 Å². The molecule has 1 aliphatic heterocycles. The third-order valence-electron chi connectivity index (χ3n) is 3.59. The molecule has 1 saturated heterocycles. The Morgan fingerprint density at radius 3 is 2.43 bits per heavy atom. The lowest BCUT2D eigenvalue weighted by molar-refractivity contribution is -0.144. The van der Waals surface area contributed by atoms with Crippen LogP contribution in [0.15, 0.2) is 18.2 Å². The minimum atomic E-state index is -0.636. The number of nitrogens with zero attached hydrogens (tertiary/aromatic N) is 2. The molecule has 1 aromatic carbocycles. The maximum atomic E-state index is 12.1. The number of hydrogen-bond donors (Lipinski definition) is 1. The van der Waals surface area contributed by atoms with Crippen LogP contribution in [-0.2, 0) is 14.4 Å². The summed E-state index contributed by atoms with van der Waals surface area (Å²) in [5.41, 5.74) is 2.58. The van der Waals surface area contributed by atoms with Crippen LogP contribution in [0.4, 0.5) is 5.69 Å². The van der Waals surface area contributed by atoms with E-state index in [1.54, 1.807) is 4.90 Å². The molecule has 6 nitrogen and oxygen atoms in total. The van der Waals surface area contributed by atoms with Crippen LogP contribution in [0.3, 0.4) is 0 Å². The van der Waals surface area contributed by atoms with Gasteiger partial charge in [0.15, 0.2) is 0 Å². The first-order valence-electron chi connectivity index (χ1n) is 6.88. The molecule has 0 spiro atoms. The Kier molecular flexibility index (Phi) is 4.57. The van der Waals surface area contributed by atoms with Crippen LogP contribution in [0.2, 0.25) is 0 Å². The zero-order valence-electron chi connectivity index (χ0n) is 12.3. The summed E-state index contributed by atoms with van der Waals surface area (Å²) in [7, 11) is 0. The number of rotatable bonds is 2. The van der Waals surface area contributed by atoms with Crippen molar-refractivity contribution in [3.05, 3.63) is 29.3 Å². The topological polar surface area (TPSA) is 69.7 Å². The van der Waals surface area contributed by atoms with Crippen molar-refractivity contribution in [3.8, 4) is 0 Å². The van der Waals surface area contributed by atoms with E-state index in [-0.39, 0.29) is 0 Å². The summed E-state index contributed by atoms with van der Waals surface area (Å²) in [5, 5.41) is 2.66. The van der Waals surface area contributed by atoms with E-state index in [2.05, 4.69) is 5.32 Å². The Balaban J connectivity index is 1.98. The minimum absolute atomic E-state index is 0.387. The highest BCUT2D eigenvalue weighted by Crippen LogP contribution is 2.16. The van der Waals surface area contributed by atoms with Crippen molar-refractivity contribution >= 4 is 23.9 Å². The molecule has 2 rings (SSSR count). The van der Waals surface area contributed by atoms with Gasteiger partial charge in [-0.3, -0.25) is 14.4 Å². The van der Waals surface area contributed by atoms with Gasteiger partial charge in [0.05, 0.1) is 0 Å². The molecule has 1 fully saturated rings. The molecule has 6 heteroatoms. The highest BCUT2D eigenvalue weighted by Gasteiger charge is 2.25. The van der Waals surface area contributed by atoms with Crippen molar-refractivity contribution in [3.63, 3.8) is 0 Å². The number of carbonyl (C=O) groups excluding carboxylic acids is 3. The van der Waals surface area contributed by atoms with Gasteiger partial charge in [0, 0.05) is 31.9 Å². The van der Waals surface area contributed by atoms with E-state index in [1.807, 2.05) is 32.0 Å². The molecule has 1 heterocycles. The standard InChI is InChI=1S/C15H19N3O3/c1-11-3-4-12(2)13(9-11)16-14(20)15(21)18-7-5-17(10-19)6-8-18/h3-4,9-10H,5-8H2,1-2H3,(H,16,20). The molecule has 0 atom stereocenters. The van der Waals surface area contributed by atoms with Gasteiger partial charge >= 0.3 is 11.8 Å². The third kappa shape index (κ3) is 3.59. The smallest absolute Gasteiger partial charge is 0.313 e. The van der Waals surface area contributed by atoms with E-state index < -0.39 is 11.8 Å². The molecule has 0 saturated carbocycles. The monoisotopic (exact) mass is 289 g/mol. The number of anilines is 1. The number of carbonyl (C=O) groups is 3. The fourth-order valence-corrected chi connectivity index (χ4v) is 2.22. The molecule has 0 unspecified atom stereocenters. The number of aryl methyl sites for hydroxylation is 2. The van der Waals surface area contributed by atoms with Crippen molar-refractivity contribution in [1.82, 2.24) is 9.80 Å². The van der Waals surface area contributed by atoms with Crippen molar-refractivity contribution in [2.24, 2.45) is 0 Å². The van der Waals surface area contributed by atoms with Crippen LogP contribution in [0, 0.1) is 13.8 Å². The van der Waals surface area contributed by atoms with E-state index in [4.69, 9.17) is 0 Å². The van der Waals surface area contributed by atoms with Crippen molar-refractivity contribution in [2.45, 2.75) is 13.8 Å². The molecule has 1 aromatic rings. The molecule has 112 valence electrons. The summed E-state index contributed by atoms with van der Waals surface area (Å²) in [4.78, 5) is 37.8. The molecule has 0 bridgehead atoms. The summed E-state index contributed by atoms with van der Waals surface area (Å²) >= 11 is 0. The van der Waals surface area contributed by atoms with Crippen LogP contribution < -0.4 is 5.32 Å². The SMILES string of the molecule is Cc1ccc(C)c(NC(=O)C(=O)N2CCN(C=O)CC2)c1. The second-order valence-corrected chi connectivity index (χ2v) is 5.21. The predicted molar refractivity (Wildman–Crippen MR) is 78.8 cm³/mol. The summed E-state index contributed by atoms with van der Waals surface area (Å²) in [6.07, 6.45) is 0.762. The maximum Gasteiger partial charge on any atom is 0.313 e. The van der Waals surface area contributed by atoms with Crippen LogP contribution in [0.5, 0.6) is 0 Å². The van der Waals surface area contributed by atoms with E-state index in [0.717, 1.165) is 17.5 Å². The van der Waals surface area contributed by atoms with Crippen LogP contribution in [-0.4, -0.2) is 54.2 Å². The Morgan fingerprint density at radius 1 is 1.14 bits per heavy atom. The molecule has 3 amide bonds. The summed E-state index contributed by atoms with van der Waals surface area (Å²) in [6, 6.07) is 5.69. The quantitative estimate of drug-likeness (QED) is 0.638. The van der Waals surface area contributed by atoms with Crippen LogP contribution in [0.1, 0.15) is 11.1 Å². The van der Waals surface area contributed by atoms with Gasteiger partial charge in [0.25, 0.3) is 0 Å². The minimum Gasteiger partial charge on any atom is -0.342 e. The third-order valence-corrected chi connectivity index (χ3v) is 3.59. The Labute approximate surface area is 123 Å². The zero-order chi connectivity index (χ0) is 15.4. The van der Waals surface area contributed by atoms with E-state index >= 15 is 0 Å². The zero-order valence-corrected chi connectivity index (χ0v) is 12.3.